The highest BCUT2D eigenvalue weighted by molar-refractivity contribution is 6.30. The molecular weight excluding hydrogens is 206 g/mol. The van der Waals surface area contributed by atoms with Crippen LogP contribution in [0.3, 0.4) is 0 Å². The smallest absolute Gasteiger partial charge is 0.0688 e. The fourth-order valence-electron chi connectivity index (χ4n) is 1.71. The highest BCUT2D eigenvalue weighted by Gasteiger charge is 2.05. The Morgan fingerprint density at radius 2 is 2.20 bits per heavy atom. The first-order chi connectivity index (χ1) is 7.19. The number of aryl methyl sites for hydroxylation is 1. The van der Waals surface area contributed by atoms with Crippen molar-refractivity contribution < 1.29 is 0 Å². The van der Waals surface area contributed by atoms with Gasteiger partial charge in [0.15, 0.2) is 0 Å². The van der Waals surface area contributed by atoms with E-state index < -0.39 is 0 Å². The second kappa shape index (κ2) is 5.92. The molecule has 0 aliphatic rings. The molecule has 1 rings (SSSR count). The molecule has 0 spiro atoms. The molecule has 0 unspecified atom stereocenters. The van der Waals surface area contributed by atoms with Gasteiger partial charge >= 0.3 is 0 Å². The molecule has 0 saturated heterocycles. The molecule has 82 valence electrons. The summed E-state index contributed by atoms with van der Waals surface area (Å²) >= 11 is 5.89. The van der Waals surface area contributed by atoms with Crippen molar-refractivity contribution >= 4 is 17.2 Å². The van der Waals surface area contributed by atoms with Crippen LogP contribution in [0.5, 0.6) is 0 Å². The summed E-state index contributed by atoms with van der Waals surface area (Å²) < 4.78 is 0. The summed E-state index contributed by atoms with van der Waals surface area (Å²) in [7, 11) is 0. The van der Waals surface area contributed by atoms with Crippen molar-refractivity contribution in [2.75, 3.05) is 0 Å². The zero-order chi connectivity index (χ0) is 11.3. The fraction of sp³-hybridized carbons (Fsp3) is 0.462. The Balaban J connectivity index is 3.06. The molecule has 0 amide bonds. The first-order valence-corrected chi connectivity index (χ1v) is 5.88. The molecule has 0 saturated carbocycles. The number of hydrogen-bond acceptors (Lipinski definition) is 1. The molecule has 1 heterocycles. The van der Waals surface area contributed by atoms with Gasteiger partial charge in [-0.15, -0.1) is 0 Å². The average molecular weight is 224 g/mol. The fourth-order valence-corrected chi connectivity index (χ4v) is 1.92. The lowest BCUT2D eigenvalue weighted by atomic mass is 10.0. The highest BCUT2D eigenvalue weighted by atomic mass is 35.5. The SMILES string of the molecule is CC/C=C(\CCC)c1ncc(Cl)cc1C. The quantitative estimate of drug-likeness (QED) is 0.725. The number of allylic oxidation sites excluding steroid dienone is 2. The zero-order valence-corrected chi connectivity index (χ0v) is 10.4. The molecule has 0 fully saturated rings. The standard InChI is InChI=1S/C13H18ClN/c1-4-6-11(7-5-2)13-10(3)8-12(14)9-15-13/h6,8-9H,4-5,7H2,1-3H3/b11-6+. The molecule has 1 nitrogen and oxygen atoms in total. The minimum absolute atomic E-state index is 0.712. The summed E-state index contributed by atoms with van der Waals surface area (Å²) in [6, 6.07) is 1.98. The predicted octanol–water partition coefficient (Wildman–Crippen LogP) is 4.64. The van der Waals surface area contributed by atoms with E-state index in [2.05, 4.69) is 31.8 Å². The molecule has 0 aliphatic heterocycles. The number of halogens is 1. The average Bonchev–Trinajstić information content (AvgIpc) is 2.17. The van der Waals surface area contributed by atoms with Gasteiger partial charge in [0.1, 0.15) is 0 Å². The predicted molar refractivity (Wildman–Crippen MR) is 67.2 cm³/mol. The van der Waals surface area contributed by atoms with Crippen LogP contribution in [0.1, 0.15) is 44.4 Å². The molecule has 1 aromatic rings. The van der Waals surface area contributed by atoms with Gasteiger partial charge in [0.25, 0.3) is 0 Å². The van der Waals surface area contributed by atoms with Crippen molar-refractivity contribution in [3.63, 3.8) is 0 Å². The molecule has 0 radical (unpaired) electrons. The number of rotatable bonds is 4. The largest absolute Gasteiger partial charge is 0.255 e. The van der Waals surface area contributed by atoms with Crippen molar-refractivity contribution in [2.24, 2.45) is 0 Å². The normalized spacial score (nSPS) is 11.9. The lowest BCUT2D eigenvalue weighted by Gasteiger charge is -2.09. The van der Waals surface area contributed by atoms with Crippen LogP contribution in [0, 0.1) is 6.92 Å². The molecule has 0 aromatic carbocycles. The molecule has 2 heteroatoms. The van der Waals surface area contributed by atoms with Crippen LogP contribution in [0.2, 0.25) is 5.02 Å². The van der Waals surface area contributed by atoms with Gasteiger partial charge in [0.05, 0.1) is 10.7 Å². The van der Waals surface area contributed by atoms with Crippen LogP contribution in [0.15, 0.2) is 18.3 Å². The molecule has 1 aromatic heterocycles. The molecule has 0 aliphatic carbocycles. The van der Waals surface area contributed by atoms with Crippen molar-refractivity contribution in [1.29, 1.82) is 0 Å². The summed E-state index contributed by atoms with van der Waals surface area (Å²) in [4.78, 5) is 4.42. The van der Waals surface area contributed by atoms with E-state index in [9.17, 15) is 0 Å². The van der Waals surface area contributed by atoms with E-state index in [0.29, 0.717) is 5.02 Å². The Hall–Kier alpha value is -0.820. The highest BCUT2D eigenvalue weighted by Crippen LogP contribution is 2.23. The van der Waals surface area contributed by atoms with E-state index >= 15 is 0 Å². The van der Waals surface area contributed by atoms with E-state index in [1.54, 1.807) is 6.20 Å². The second-order valence-electron chi connectivity index (χ2n) is 3.71. The summed E-state index contributed by atoms with van der Waals surface area (Å²) in [6.45, 7) is 6.41. The van der Waals surface area contributed by atoms with Gasteiger partial charge in [-0.05, 0) is 37.0 Å². The second-order valence-corrected chi connectivity index (χ2v) is 4.14. The Kier molecular flexibility index (Phi) is 4.83. The first kappa shape index (κ1) is 12.3. The van der Waals surface area contributed by atoms with Crippen LogP contribution in [0.25, 0.3) is 5.57 Å². The summed E-state index contributed by atoms with van der Waals surface area (Å²) in [5.74, 6) is 0. The maximum Gasteiger partial charge on any atom is 0.0688 e. The Morgan fingerprint density at radius 1 is 1.47 bits per heavy atom. The van der Waals surface area contributed by atoms with Crippen molar-refractivity contribution in [3.8, 4) is 0 Å². The monoisotopic (exact) mass is 223 g/mol. The Bertz CT molecular complexity index is 356. The zero-order valence-electron chi connectivity index (χ0n) is 9.68. The van der Waals surface area contributed by atoms with Gasteiger partial charge in [0.2, 0.25) is 0 Å². The van der Waals surface area contributed by atoms with Gasteiger partial charge in [-0.25, -0.2) is 0 Å². The van der Waals surface area contributed by atoms with Crippen molar-refractivity contribution in [2.45, 2.75) is 40.0 Å². The van der Waals surface area contributed by atoms with Crippen molar-refractivity contribution in [1.82, 2.24) is 4.98 Å². The van der Waals surface area contributed by atoms with Gasteiger partial charge in [-0.2, -0.15) is 0 Å². The first-order valence-electron chi connectivity index (χ1n) is 5.50. The third-order valence-electron chi connectivity index (χ3n) is 2.32. The molecule has 0 atom stereocenters. The lowest BCUT2D eigenvalue weighted by molar-refractivity contribution is 0.956. The van der Waals surface area contributed by atoms with Gasteiger partial charge in [0, 0.05) is 6.20 Å². The minimum Gasteiger partial charge on any atom is -0.255 e. The summed E-state index contributed by atoms with van der Waals surface area (Å²) in [6.07, 6.45) is 7.27. The van der Waals surface area contributed by atoms with Gasteiger partial charge in [-0.1, -0.05) is 37.9 Å². The number of hydrogen-bond donors (Lipinski definition) is 0. The van der Waals surface area contributed by atoms with E-state index in [-0.39, 0.29) is 0 Å². The minimum atomic E-state index is 0.712. The van der Waals surface area contributed by atoms with Crippen molar-refractivity contribution in [3.05, 3.63) is 34.6 Å². The van der Waals surface area contributed by atoms with Gasteiger partial charge < -0.3 is 0 Å². The maximum atomic E-state index is 5.89. The number of pyridine rings is 1. The Morgan fingerprint density at radius 3 is 2.73 bits per heavy atom. The topological polar surface area (TPSA) is 12.9 Å². The molecule has 0 N–H and O–H groups in total. The van der Waals surface area contributed by atoms with Gasteiger partial charge in [-0.3, -0.25) is 4.98 Å². The third kappa shape index (κ3) is 3.35. The summed E-state index contributed by atoms with van der Waals surface area (Å²) in [5, 5.41) is 0.712. The van der Waals surface area contributed by atoms with Crippen LogP contribution in [-0.4, -0.2) is 4.98 Å². The molecule has 15 heavy (non-hydrogen) atoms. The van der Waals surface area contributed by atoms with E-state index in [1.807, 2.05) is 6.07 Å². The Labute approximate surface area is 97.2 Å². The summed E-state index contributed by atoms with van der Waals surface area (Å²) in [5.41, 5.74) is 3.60. The molecular formula is C13H18ClN. The van der Waals surface area contributed by atoms with E-state index in [4.69, 9.17) is 11.6 Å². The van der Waals surface area contributed by atoms with Crippen LogP contribution in [0.4, 0.5) is 0 Å². The third-order valence-corrected chi connectivity index (χ3v) is 2.53. The van der Waals surface area contributed by atoms with Crippen LogP contribution >= 0.6 is 11.6 Å². The maximum absolute atomic E-state index is 5.89. The number of nitrogens with zero attached hydrogens (tertiary/aromatic N) is 1. The van der Waals surface area contributed by atoms with Crippen LogP contribution in [-0.2, 0) is 0 Å². The van der Waals surface area contributed by atoms with E-state index in [0.717, 1.165) is 30.5 Å². The van der Waals surface area contributed by atoms with E-state index in [1.165, 1.54) is 5.57 Å². The van der Waals surface area contributed by atoms with Crippen LogP contribution < -0.4 is 0 Å². The number of aromatic nitrogens is 1. The molecule has 0 bridgehead atoms. The lowest BCUT2D eigenvalue weighted by Crippen LogP contribution is -1.93.